The summed E-state index contributed by atoms with van der Waals surface area (Å²) in [4.78, 5) is 10.7. The van der Waals surface area contributed by atoms with Crippen molar-refractivity contribution >= 4 is 5.82 Å². The molecule has 0 aliphatic carbocycles. The molecule has 0 aromatic carbocycles. The van der Waals surface area contributed by atoms with E-state index in [1.165, 1.54) is 19.3 Å². The number of likely N-dealkylation sites (N-methyl/N-ethyl adjacent to an activating group) is 1. The highest BCUT2D eigenvalue weighted by Gasteiger charge is 2.15. The first kappa shape index (κ1) is 11.3. The first-order valence-corrected chi connectivity index (χ1v) is 6.00. The lowest BCUT2D eigenvalue weighted by Gasteiger charge is -2.28. The largest absolute Gasteiger partial charge is 0.358 e. The molecule has 1 unspecified atom stereocenters. The van der Waals surface area contributed by atoms with Gasteiger partial charge in [-0.25, -0.2) is 9.97 Å². The molecular weight excluding hydrogens is 200 g/mol. The highest BCUT2D eigenvalue weighted by Crippen LogP contribution is 2.12. The fourth-order valence-electron chi connectivity index (χ4n) is 2.16. The number of piperidine rings is 1. The molecule has 1 aliphatic heterocycles. The third kappa shape index (κ3) is 2.92. The molecule has 4 nitrogen and oxygen atoms in total. The molecule has 88 valence electrons. The van der Waals surface area contributed by atoms with E-state index in [2.05, 4.69) is 27.2 Å². The third-order valence-corrected chi connectivity index (χ3v) is 3.06. The molecule has 1 aromatic heterocycles. The Morgan fingerprint density at radius 2 is 2.38 bits per heavy atom. The van der Waals surface area contributed by atoms with E-state index in [1.54, 1.807) is 0 Å². The molecule has 0 bridgehead atoms. The van der Waals surface area contributed by atoms with Crippen LogP contribution in [0.25, 0.3) is 0 Å². The van der Waals surface area contributed by atoms with Gasteiger partial charge in [0.05, 0.1) is 0 Å². The summed E-state index contributed by atoms with van der Waals surface area (Å²) in [6, 6.07) is 2.57. The zero-order valence-corrected chi connectivity index (χ0v) is 10.1. The smallest absolute Gasteiger partial charge is 0.132 e. The van der Waals surface area contributed by atoms with Crippen molar-refractivity contribution in [3.8, 4) is 0 Å². The molecule has 1 atom stereocenters. The van der Waals surface area contributed by atoms with Gasteiger partial charge >= 0.3 is 0 Å². The van der Waals surface area contributed by atoms with Gasteiger partial charge in [-0.15, -0.1) is 0 Å². The number of hydrogen-bond donors (Lipinski definition) is 1. The van der Waals surface area contributed by atoms with Crippen LogP contribution >= 0.6 is 0 Å². The zero-order chi connectivity index (χ0) is 11.4. The van der Waals surface area contributed by atoms with Gasteiger partial charge in [0.2, 0.25) is 0 Å². The topological polar surface area (TPSA) is 41.1 Å². The lowest BCUT2D eigenvalue weighted by atomic mass is 10.0. The van der Waals surface area contributed by atoms with Crippen molar-refractivity contribution in [3.63, 3.8) is 0 Å². The maximum absolute atomic E-state index is 4.43. The highest BCUT2D eigenvalue weighted by molar-refractivity contribution is 5.36. The summed E-state index contributed by atoms with van der Waals surface area (Å²) >= 11 is 0. The van der Waals surface area contributed by atoms with Crippen LogP contribution in [0.1, 0.15) is 25.1 Å². The molecule has 1 N–H and O–H groups in total. The van der Waals surface area contributed by atoms with E-state index in [4.69, 9.17) is 0 Å². The van der Waals surface area contributed by atoms with Gasteiger partial charge in [0.15, 0.2) is 0 Å². The first-order valence-electron chi connectivity index (χ1n) is 6.00. The predicted molar refractivity (Wildman–Crippen MR) is 65.7 cm³/mol. The van der Waals surface area contributed by atoms with Crippen LogP contribution in [-0.4, -0.2) is 36.1 Å². The molecule has 1 saturated heterocycles. The summed E-state index contributed by atoms with van der Waals surface area (Å²) in [5, 5.41) is 3.55. The van der Waals surface area contributed by atoms with E-state index < -0.39 is 0 Å². The normalized spacial score (nSPS) is 20.8. The molecule has 1 aromatic rings. The average molecular weight is 220 g/mol. The van der Waals surface area contributed by atoms with Crippen molar-refractivity contribution < 1.29 is 0 Å². The SMILES string of the molecule is Cc1nccc(N(C)CC2CCCCN2)n1. The third-order valence-electron chi connectivity index (χ3n) is 3.06. The van der Waals surface area contributed by atoms with Gasteiger partial charge in [0.1, 0.15) is 11.6 Å². The molecule has 16 heavy (non-hydrogen) atoms. The van der Waals surface area contributed by atoms with Crippen molar-refractivity contribution in [1.29, 1.82) is 0 Å². The number of hydrogen-bond acceptors (Lipinski definition) is 4. The fourth-order valence-corrected chi connectivity index (χ4v) is 2.16. The van der Waals surface area contributed by atoms with Crippen LogP contribution in [0.15, 0.2) is 12.3 Å². The molecule has 4 heteroatoms. The zero-order valence-electron chi connectivity index (χ0n) is 10.1. The van der Waals surface area contributed by atoms with Crippen molar-refractivity contribution in [2.24, 2.45) is 0 Å². The molecular formula is C12H20N4. The van der Waals surface area contributed by atoms with Crippen LogP contribution in [0.3, 0.4) is 0 Å². The summed E-state index contributed by atoms with van der Waals surface area (Å²) in [7, 11) is 2.10. The summed E-state index contributed by atoms with van der Waals surface area (Å²) in [5.74, 6) is 1.85. The molecule has 2 rings (SSSR count). The Bertz CT molecular complexity index is 334. The van der Waals surface area contributed by atoms with E-state index in [9.17, 15) is 0 Å². The lowest BCUT2D eigenvalue weighted by Crippen LogP contribution is -2.42. The summed E-state index contributed by atoms with van der Waals surface area (Å²) < 4.78 is 0. The van der Waals surface area contributed by atoms with Gasteiger partial charge in [0, 0.05) is 25.8 Å². The molecule has 0 amide bonds. The van der Waals surface area contributed by atoms with Crippen molar-refractivity contribution in [2.75, 3.05) is 25.0 Å². The summed E-state index contributed by atoms with van der Waals surface area (Å²) in [6.07, 6.45) is 5.75. The Hall–Kier alpha value is -1.16. The second kappa shape index (κ2) is 5.25. The van der Waals surface area contributed by atoms with Crippen LogP contribution in [0.5, 0.6) is 0 Å². The Morgan fingerprint density at radius 1 is 1.50 bits per heavy atom. The van der Waals surface area contributed by atoms with Gasteiger partial charge in [0.25, 0.3) is 0 Å². The summed E-state index contributed by atoms with van der Waals surface area (Å²) in [6.45, 7) is 4.11. The van der Waals surface area contributed by atoms with Crippen LogP contribution in [0.2, 0.25) is 0 Å². The summed E-state index contributed by atoms with van der Waals surface area (Å²) in [5.41, 5.74) is 0. The number of anilines is 1. The maximum Gasteiger partial charge on any atom is 0.132 e. The van der Waals surface area contributed by atoms with Crippen LogP contribution in [-0.2, 0) is 0 Å². The monoisotopic (exact) mass is 220 g/mol. The number of nitrogens with zero attached hydrogens (tertiary/aromatic N) is 3. The quantitative estimate of drug-likeness (QED) is 0.835. The van der Waals surface area contributed by atoms with Gasteiger partial charge in [-0.2, -0.15) is 0 Å². The van der Waals surface area contributed by atoms with Gasteiger partial charge in [-0.1, -0.05) is 6.42 Å². The minimum Gasteiger partial charge on any atom is -0.358 e. The first-order chi connectivity index (χ1) is 7.75. The molecule has 1 aliphatic rings. The second-order valence-corrected chi connectivity index (χ2v) is 4.49. The van der Waals surface area contributed by atoms with E-state index >= 15 is 0 Å². The van der Waals surface area contributed by atoms with Crippen LogP contribution in [0, 0.1) is 6.92 Å². The van der Waals surface area contributed by atoms with Crippen molar-refractivity contribution in [2.45, 2.75) is 32.2 Å². The van der Waals surface area contributed by atoms with E-state index in [0.717, 1.165) is 24.7 Å². The van der Waals surface area contributed by atoms with E-state index in [0.29, 0.717) is 6.04 Å². The number of aromatic nitrogens is 2. The number of nitrogens with one attached hydrogen (secondary N) is 1. The number of rotatable bonds is 3. The van der Waals surface area contributed by atoms with Crippen molar-refractivity contribution in [1.82, 2.24) is 15.3 Å². The molecule has 0 saturated carbocycles. The Morgan fingerprint density at radius 3 is 3.06 bits per heavy atom. The second-order valence-electron chi connectivity index (χ2n) is 4.49. The molecule has 0 spiro atoms. The Balaban J connectivity index is 1.94. The molecule has 1 fully saturated rings. The average Bonchev–Trinajstić information content (AvgIpc) is 2.30. The molecule has 2 heterocycles. The van der Waals surface area contributed by atoms with Gasteiger partial charge in [-0.3, -0.25) is 0 Å². The van der Waals surface area contributed by atoms with Gasteiger partial charge < -0.3 is 10.2 Å². The van der Waals surface area contributed by atoms with Crippen molar-refractivity contribution in [3.05, 3.63) is 18.1 Å². The van der Waals surface area contributed by atoms with Crippen LogP contribution in [0.4, 0.5) is 5.82 Å². The highest BCUT2D eigenvalue weighted by atomic mass is 15.2. The Kier molecular flexibility index (Phi) is 3.72. The Labute approximate surface area is 97.1 Å². The van der Waals surface area contributed by atoms with Crippen LogP contribution < -0.4 is 10.2 Å². The predicted octanol–water partition coefficient (Wildman–Crippen LogP) is 1.36. The number of aryl methyl sites for hydroxylation is 1. The van der Waals surface area contributed by atoms with E-state index in [-0.39, 0.29) is 0 Å². The van der Waals surface area contributed by atoms with E-state index in [1.807, 2.05) is 19.2 Å². The minimum absolute atomic E-state index is 0.606. The van der Waals surface area contributed by atoms with Gasteiger partial charge in [-0.05, 0) is 32.4 Å². The minimum atomic E-state index is 0.606. The maximum atomic E-state index is 4.43. The fraction of sp³-hybridized carbons (Fsp3) is 0.667. The molecule has 0 radical (unpaired) electrons. The standard InChI is InChI=1S/C12H20N4/c1-10-13-8-6-12(15-10)16(2)9-11-5-3-4-7-14-11/h6,8,11,14H,3-5,7,9H2,1-2H3. The lowest BCUT2D eigenvalue weighted by molar-refractivity contribution is 0.403.